The predicted molar refractivity (Wildman–Crippen MR) is 222 cm³/mol. The van der Waals surface area contributed by atoms with E-state index in [9.17, 15) is 39.3 Å². The second kappa shape index (κ2) is 24.6. The van der Waals surface area contributed by atoms with Crippen molar-refractivity contribution in [3.05, 3.63) is 47.6 Å². The van der Waals surface area contributed by atoms with Gasteiger partial charge in [-0.1, -0.05) is 90.0 Å². The van der Waals surface area contributed by atoms with Gasteiger partial charge in [0, 0.05) is 38.5 Å². The van der Waals surface area contributed by atoms with Crippen LogP contribution in [0.2, 0.25) is 0 Å². The molecule has 0 bridgehead atoms. The molecule has 1 fully saturated rings. The van der Waals surface area contributed by atoms with Gasteiger partial charge in [-0.15, -0.1) is 0 Å². The monoisotopic (exact) mass is 800 g/mol. The van der Waals surface area contributed by atoms with Gasteiger partial charge in [-0.05, 0) is 101 Å². The quantitative estimate of drug-likeness (QED) is 0.128. The van der Waals surface area contributed by atoms with Crippen LogP contribution in [0.4, 0.5) is 0 Å². The van der Waals surface area contributed by atoms with Crippen molar-refractivity contribution in [1.82, 2.24) is 4.90 Å². The first kappa shape index (κ1) is 49.9. The molecule has 0 aliphatic carbocycles. The number of cyclic esters (lactones) is 1. The van der Waals surface area contributed by atoms with Crippen molar-refractivity contribution in [3.8, 4) is 0 Å². The topological polar surface area (TPSA) is 168 Å². The fourth-order valence-corrected chi connectivity index (χ4v) is 8.00. The molecule has 6 unspecified atom stereocenters. The maximum Gasteiger partial charge on any atom is 0.329 e. The van der Waals surface area contributed by atoms with Crippen molar-refractivity contribution < 1.29 is 48.8 Å². The van der Waals surface area contributed by atoms with Gasteiger partial charge in [0.15, 0.2) is 5.78 Å². The second-order valence-electron chi connectivity index (χ2n) is 16.7. The molecule has 0 spiro atoms. The summed E-state index contributed by atoms with van der Waals surface area (Å²) in [6.07, 6.45) is 13.1. The van der Waals surface area contributed by atoms with E-state index in [1.165, 1.54) is 12.0 Å². The fourth-order valence-electron chi connectivity index (χ4n) is 8.00. The number of esters is 1. The van der Waals surface area contributed by atoms with Crippen molar-refractivity contribution in [3.63, 3.8) is 0 Å². The summed E-state index contributed by atoms with van der Waals surface area (Å²) in [5, 5.41) is 32.9. The van der Waals surface area contributed by atoms with E-state index >= 15 is 0 Å². The number of rotatable bonds is 9. The number of methoxy groups -OCH3 is 1. The zero-order chi connectivity index (χ0) is 42.9. The standard InChI is InChI=1S/C46H73NO10/c1-10-18-31(4)39-29-38(49)32(5)27-33(6)40(50)42(56-9)41(51)34(7)28-36(11-2)21-14-12-13-19-30(3)23-24-46(55,35(8)20-17-26-48)43(52)44(53)47-25-16-15-22-37(47)45(54)57-39/h12-14,19,21,27,31-32,34-37,39-40,42,48,50,55H,10-11,15-18,20,22-26,28-29H2,1-9H3/b13-12+,21-14+,30-19+,33-27+/t31?,32-,34-,35?,36?,37?,39+,40-,42?,46?/m1/s1. The van der Waals surface area contributed by atoms with Crippen LogP contribution in [0.25, 0.3) is 0 Å². The van der Waals surface area contributed by atoms with Gasteiger partial charge in [0.05, 0.1) is 0 Å². The molecule has 0 radical (unpaired) electrons. The predicted octanol–water partition coefficient (Wildman–Crippen LogP) is 6.82. The van der Waals surface area contributed by atoms with Crippen LogP contribution in [0.3, 0.4) is 0 Å². The van der Waals surface area contributed by atoms with Crippen LogP contribution in [0, 0.1) is 29.6 Å². The minimum atomic E-state index is -2.04. The van der Waals surface area contributed by atoms with E-state index in [2.05, 4.69) is 0 Å². The van der Waals surface area contributed by atoms with Crippen LogP contribution in [-0.2, 0) is 33.4 Å². The summed E-state index contributed by atoms with van der Waals surface area (Å²) in [7, 11) is 1.39. The van der Waals surface area contributed by atoms with Gasteiger partial charge in [0.2, 0.25) is 0 Å². The largest absolute Gasteiger partial charge is 0.460 e. The van der Waals surface area contributed by atoms with Gasteiger partial charge in [-0.2, -0.15) is 0 Å². The molecule has 322 valence electrons. The SMILES string of the molecule is CCCC(C)[C@@H]1CC(=O)[C@H](C)/C=C(\C)[C@@H](O)C(OC)C(=O)[C@H](C)CC(CC)/C=C/C=C/C=C(\C)CCC(O)(C(C)CCCO)C(=O)C(=O)N2CCCCC2C(=O)O1. The number of allylic oxidation sites excluding steroid dienone is 7. The Morgan fingerprint density at radius 1 is 1.02 bits per heavy atom. The molecule has 0 aromatic rings. The number of piperidine rings is 1. The van der Waals surface area contributed by atoms with E-state index in [1.807, 2.05) is 65.0 Å². The van der Waals surface area contributed by atoms with Crippen molar-refractivity contribution in [2.45, 2.75) is 162 Å². The van der Waals surface area contributed by atoms with E-state index in [0.29, 0.717) is 50.5 Å². The van der Waals surface area contributed by atoms with E-state index in [4.69, 9.17) is 9.47 Å². The van der Waals surface area contributed by atoms with E-state index in [0.717, 1.165) is 18.4 Å². The van der Waals surface area contributed by atoms with Crippen molar-refractivity contribution in [1.29, 1.82) is 0 Å². The molecule has 1 saturated heterocycles. The highest BCUT2D eigenvalue weighted by Gasteiger charge is 2.48. The fraction of sp³-hybridized carbons (Fsp3) is 0.717. The first-order chi connectivity index (χ1) is 27.0. The zero-order valence-electron chi connectivity index (χ0n) is 36.2. The Morgan fingerprint density at radius 2 is 1.72 bits per heavy atom. The van der Waals surface area contributed by atoms with Gasteiger partial charge in [0.25, 0.3) is 11.7 Å². The van der Waals surface area contributed by atoms with Crippen LogP contribution in [0.15, 0.2) is 47.6 Å². The number of carbonyl (C=O) groups is 5. The Kier molecular flexibility index (Phi) is 21.6. The molecular weight excluding hydrogens is 727 g/mol. The van der Waals surface area contributed by atoms with Crippen LogP contribution >= 0.6 is 0 Å². The lowest BCUT2D eigenvalue weighted by Crippen LogP contribution is -2.58. The first-order valence-electron chi connectivity index (χ1n) is 21.3. The first-order valence-corrected chi connectivity index (χ1v) is 21.3. The number of aliphatic hydroxyl groups excluding tert-OH is 2. The lowest BCUT2D eigenvalue weighted by atomic mass is 9.77. The summed E-state index contributed by atoms with van der Waals surface area (Å²) in [5.41, 5.74) is -0.742. The Labute approximate surface area is 342 Å². The van der Waals surface area contributed by atoms with E-state index in [-0.39, 0.29) is 55.8 Å². The molecule has 2 rings (SSSR count). The molecule has 3 N–H and O–H groups in total. The molecule has 0 aromatic carbocycles. The third-order valence-electron chi connectivity index (χ3n) is 12.1. The summed E-state index contributed by atoms with van der Waals surface area (Å²) in [6, 6.07) is -1.06. The maximum absolute atomic E-state index is 14.2. The molecule has 57 heavy (non-hydrogen) atoms. The molecule has 2 aliphatic heterocycles. The molecule has 11 nitrogen and oxygen atoms in total. The van der Waals surface area contributed by atoms with Crippen LogP contribution in [-0.4, -0.2) is 99.7 Å². The van der Waals surface area contributed by atoms with Crippen molar-refractivity contribution >= 4 is 29.2 Å². The van der Waals surface area contributed by atoms with Crippen molar-refractivity contribution in [2.24, 2.45) is 29.6 Å². The van der Waals surface area contributed by atoms with Crippen molar-refractivity contribution in [2.75, 3.05) is 20.3 Å². The van der Waals surface area contributed by atoms with Crippen LogP contribution in [0.5, 0.6) is 0 Å². The number of hydrogen-bond acceptors (Lipinski definition) is 10. The Hall–Kier alpha value is -3.25. The zero-order valence-corrected chi connectivity index (χ0v) is 36.2. The smallest absolute Gasteiger partial charge is 0.329 e. The maximum atomic E-state index is 14.2. The summed E-state index contributed by atoms with van der Waals surface area (Å²) >= 11 is 0. The molecule has 10 atom stereocenters. The molecular formula is C46H73NO10. The summed E-state index contributed by atoms with van der Waals surface area (Å²) in [5.74, 6) is -4.91. The number of aliphatic hydroxyl groups is 3. The summed E-state index contributed by atoms with van der Waals surface area (Å²) in [4.78, 5) is 70.8. The van der Waals surface area contributed by atoms with E-state index < -0.39 is 65.4 Å². The van der Waals surface area contributed by atoms with Crippen LogP contribution < -0.4 is 0 Å². The third kappa shape index (κ3) is 14.5. The van der Waals surface area contributed by atoms with Gasteiger partial charge >= 0.3 is 5.97 Å². The Bertz CT molecular complexity index is 1460. The minimum Gasteiger partial charge on any atom is -0.460 e. The average Bonchev–Trinajstić information content (AvgIpc) is 3.19. The number of carbonyl (C=O) groups excluding carboxylic acids is 5. The molecule has 2 aliphatic rings. The van der Waals surface area contributed by atoms with Gasteiger partial charge < -0.3 is 29.7 Å². The van der Waals surface area contributed by atoms with Crippen LogP contribution in [0.1, 0.15) is 132 Å². The number of amides is 1. The number of Topliss-reactive ketones (excluding diaryl/α,β-unsaturated/α-hetero) is 3. The Balaban J connectivity index is 2.62. The number of fused-ring (bicyclic) bond motifs is 1. The highest BCUT2D eigenvalue weighted by molar-refractivity contribution is 6.39. The second-order valence-corrected chi connectivity index (χ2v) is 16.7. The lowest BCUT2D eigenvalue weighted by Gasteiger charge is -2.38. The number of nitrogens with zero attached hydrogens (tertiary/aromatic N) is 1. The number of ketones is 3. The molecule has 0 saturated carbocycles. The molecule has 0 aromatic heterocycles. The highest BCUT2D eigenvalue weighted by atomic mass is 16.5. The average molecular weight is 800 g/mol. The number of hydrogen-bond donors (Lipinski definition) is 3. The minimum absolute atomic E-state index is 0.0229. The molecule has 1 amide bonds. The Morgan fingerprint density at radius 3 is 2.35 bits per heavy atom. The van der Waals surface area contributed by atoms with E-state index in [1.54, 1.807) is 26.8 Å². The van der Waals surface area contributed by atoms with Gasteiger partial charge in [-0.25, -0.2) is 4.79 Å². The summed E-state index contributed by atoms with van der Waals surface area (Å²) < 4.78 is 11.6. The van der Waals surface area contributed by atoms with Gasteiger partial charge in [-0.3, -0.25) is 19.2 Å². The lowest BCUT2D eigenvalue weighted by molar-refractivity contribution is -0.169. The normalized spacial score (nSPS) is 34.1. The number of ether oxygens (including phenoxy) is 2. The summed E-state index contributed by atoms with van der Waals surface area (Å²) in [6.45, 7) is 14.8. The molecule has 2 heterocycles. The highest BCUT2D eigenvalue weighted by Crippen LogP contribution is 2.32. The van der Waals surface area contributed by atoms with Gasteiger partial charge in [0.1, 0.15) is 35.7 Å². The molecule has 11 heteroatoms. The third-order valence-corrected chi connectivity index (χ3v) is 12.1.